The van der Waals surface area contributed by atoms with Gasteiger partial charge in [-0.1, -0.05) is 97.6 Å². The standard InChI is InChI=1S/C23H29NO3/c1-19-13-11-12-16-23(27)24-18-20(2)14-9-7-5-3-4-6-8-10-15-21(25)22(26)17-19/h3-17,20-22,25-26H,18H2,1-2H3,(H,24,27)/b4-3-,7-5-,8-6-,13-11-,14-9-,15-10-,16-12+,19-17-/t20-,21+,22+/m0/s1. The Labute approximate surface area is 162 Å². The second-order valence-corrected chi connectivity index (χ2v) is 6.26. The molecule has 4 nitrogen and oxygen atoms in total. The van der Waals surface area contributed by atoms with E-state index in [0.717, 1.165) is 5.57 Å². The van der Waals surface area contributed by atoms with E-state index in [1.807, 2.05) is 56.4 Å². The molecule has 1 heterocycles. The Hall–Kier alpha value is -2.69. The summed E-state index contributed by atoms with van der Waals surface area (Å²) in [6, 6.07) is 0. The van der Waals surface area contributed by atoms with Crippen molar-refractivity contribution in [2.75, 3.05) is 6.54 Å². The molecule has 0 aromatic heterocycles. The normalized spacial score (nSPS) is 35.8. The second-order valence-electron chi connectivity index (χ2n) is 6.26. The van der Waals surface area contributed by atoms with E-state index >= 15 is 0 Å². The van der Waals surface area contributed by atoms with Gasteiger partial charge in [-0.3, -0.25) is 4.79 Å². The first-order valence-corrected chi connectivity index (χ1v) is 9.01. The smallest absolute Gasteiger partial charge is 0.243 e. The van der Waals surface area contributed by atoms with E-state index in [2.05, 4.69) is 5.32 Å². The molecule has 1 rings (SSSR count). The highest BCUT2D eigenvalue weighted by atomic mass is 16.3. The van der Waals surface area contributed by atoms with Gasteiger partial charge in [0.1, 0.15) is 12.2 Å². The summed E-state index contributed by atoms with van der Waals surface area (Å²) in [4.78, 5) is 11.8. The molecule has 144 valence electrons. The molecule has 0 aromatic carbocycles. The van der Waals surface area contributed by atoms with Gasteiger partial charge in [-0.15, -0.1) is 0 Å². The molecule has 0 saturated carbocycles. The summed E-state index contributed by atoms with van der Waals surface area (Å²) in [5, 5.41) is 22.8. The zero-order valence-corrected chi connectivity index (χ0v) is 15.9. The van der Waals surface area contributed by atoms with E-state index in [-0.39, 0.29) is 11.8 Å². The predicted molar refractivity (Wildman–Crippen MR) is 112 cm³/mol. The number of aliphatic hydroxyl groups is 2. The summed E-state index contributed by atoms with van der Waals surface area (Å²) in [5.41, 5.74) is 0.783. The van der Waals surface area contributed by atoms with Crippen molar-refractivity contribution in [3.8, 4) is 0 Å². The molecule has 3 N–H and O–H groups in total. The van der Waals surface area contributed by atoms with Gasteiger partial charge in [-0.05, 0) is 12.8 Å². The van der Waals surface area contributed by atoms with Crippen LogP contribution in [0.2, 0.25) is 0 Å². The zero-order chi connectivity index (χ0) is 19.9. The maximum Gasteiger partial charge on any atom is 0.243 e. The van der Waals surface area contributed by atoms with Crippen molar-refractivity contribution in [2.24, 2.45) is 5.92 Å². The Morgan fingerprint density at radius 3 is 2.04 bits per heavy atom. The number of carbonyl (C=O) groups is 1. The molecule has 0 bridgehead atoms. The molecular formula is C23H29NO3. The van der Waals surface area contributed by atoms with Crippen molar-refractivity contribution in [2.45, 2.75) is 26.1 Å². The van der Waals surface area contributed by atoms with E-state index in [0.29, 0.717) is 6.54 Å². The van der Waals surface area contributed by atoms with Crippen LogP contribution in [0.15, 0.2) is 96.7 Å². The molecule has 0 fully saturated rings. The van der Waals surface area contributed by atoms with Crippen molar-refractivity contribution < 1.29 is 15.0 Å². The summed E-state index contributed by atoms with van der Waals surface area (Å²) in [6.45, 7) is 4.41. The highest BCUT2D eigenvalue weighted by Gasteiger charge is 2.09. The lowest BCUT2D eigenvalue weighted by molar-refractivity contribution is -0.116. The fraction of sp³-hybridized carbons (Fsp3) is 0.261. The van der Waals surface area contributed by atoms with Gasteiger partial charge >= 0.3 is 0 Å². The van der Waals surface area contributed by atoms with Crippen LogP contribution in [0.1, 0.15) is 13.8 Å². The van der Waals surface area contributed by atoms with Crippen molar-refractivity contribution in [1.29, 1.82) is 0 Å². The first kappa shape index (κ1) is 22.4. The second kappa shape index (κ2) is 13.5. The van der Waals surface area contributed by atoms with Crippen molar-refractivity contribution in [3.05, 3.63) is 96.7 Å². The zero-order valence-electron chi connectivity index (χ0n) is 15.9. The Morgan fingerprint density at radius 2 is 1.37 bits per heavy atom. The Balaban J connectivity index is 2.87. The van der Waals surface area contributed by atoms with E-state index in [1.165, 1.54) is 12.2 Å². The molecule has 1 amide bonds. The fourth-order valence-electron chi connectivity index (χ4n) is 2.09. The van der Waals surface area contributed by atoms with Crippen molar-refractivity contribution in [3.63, 3.8) is 0 Å². The molecule has 0 spiro atoms. The van der Waals surface area contributed by atoms with Crippen LogP contribution >= 0.6 is 0 Å². The van der Waals surface area contributed by atoms with Gasteiger partial charge in [0.05, 0.1) is 0 Å². The highest BCUT2D eigenvalue weighted by molar-refractivity contribution is 5.87. The number of hydrogen-bond acceptors (Lipinski definition) is 3. The molecule has 0 aromatic rings. The van der Waals surface area contributed by atoms with E-state index in [1.54, 1.807) is 36.5 Å². The van der Waals surface area contributed by atoms with Gasteiger partial charge in [-0.2, -0.15) is 0 Å². The first-order valence-electron chi connectivity index (χ1n) is 9.01. The minimum atomic E-state index is -1.00. The third kappa shape index (κ3) is 11.5. The highest BCUT2D eigenvalue weighted by Crippen LogP contribution is 2.04. The molecule has 0 saturated heterocycles. The summed E-state index contributed by atoms with van der Waals surface area (Å²) in [5.74, 6) is 0.0713. The van der Waals surface area contributed by atoms with Crippen LogP contribution in [0, 0.1) is 5.92 Å². The fourth-order valence-corrected chi connectivity index (χ4v) is 2.09. The average Bonchev–Trinajstić information content (AvgIpc) is 2.64. The number of amides is 1. The van der Waals surface area contributed by atoms with Crippen LogP contribution in [0.4, 0.5) is 0 Å². The minimum absolute atomic E-state index is 0.158. The van der Waals surface area contributed by atoms with Crippen LogP contribution < -0.4 is 5.32 Å². The Kier molecular flexibility index (Phi) is 11.2. The summed E-state index contributed by atoms with van der Waals surface area (Å²) >= 11 is 0. The summed E-state index contributed by atoms with van der Waals surface area (Å²) in [7, 11) is 0. The molecular weight excluding hydrogens is 338 g/mol. The van der Waals surface area contributed by atoms with Gasteiger partial charge in [-0.25, -0.2) is 0 Å². The maximum absolute atomic E-state index is 11.8. The molecule has 0 aliphatic carbocycles. The SMILES string of the molecule is CC1=C/[C@@H](O)[C@H](O)\C=C/C=C\C=C/C=C\C=C/[C@H](C)CNC(=O)/C=C/C=C\1. The van der Waals surface area contributed by atoms with Gasteiger partial charge < -0.3 is 15.5 Å². The van der Waals surface area contributed by atoms with E-state index < -0.39 is 12.2 Å². The predicted octanol–water partition coefficient (Wildman–Crippen LogP) is 3.31. The molecule has 3 atom stereocenters. The van der Waals surface area contributed by atoms with Gasteiger partial charge in [0, 0.05) is 12.6 Å². The monoisotopic (exact) mass is 367 g/mol. The lowest BCUT2D eigenvalue weighted by Crippen LogP contribution is -2.25. The lowest BCUT2D eigenvalue weighted by atomic mass is 10.1. The van der Waals surface area contributed by atoms with Gasteiger partial charge in [0.15, 0.2) is 0 Å². The summed E-state index contributed by atoms with van der Waals surface area (Å²) < 4.78 is 0. The molecule has 27 heavy (non-hydrogen) atoms. The number of nitrogens with one attached hydrogen (secondary N) is 1. The summed E-state index contributed by atoms with van der Waals surface area (Å²) in [6.07, 6.45) is 24.5. The van der Waals surface area contributed by atoms with Crippen LogP contribution in [0.3, 0.4) is 0 Å². The number of hydrogen-bond donors (Lipinski definition) is 3. The molecule has 1 aliphatic rings. The third-order valence-electron chi connectivity index (χ3n) is 3.63. The largest absolute Gasteiger partial charge is 0.386 e. The Bertz CT molecular complexity index is 690. The molecule has 0 unspecified atom stereocenters. The lowest BCUT2D eigenvalue weighted by Gasteiger charge is -2.10. The van der Waals surface area contributed by atoms with Gasteiger partial charge in [0.2, 0.25) is 5.91 Å². The van der Waals surface area contributed by atoms with Crippen molar-refractivity contribution >= 4 is 5.91 Å². The molecule has 4 heteroatoms. The molecule has 1 aliphatic heterocycles. The topological polar surface area (TPSA) is 69.6 Å². The minimum Gasteiger partial charge on any atom is -0.386 e. The number of allylic oxidation sites excluding steroid dienone is 12. The number of carbonyl (C=O) groups excluding carboxylic acids is 1. The quantitative estimate of drug-likeness (QED) is 0.615. The third-order valence-corrected chi connectivity index (χ3v) is 3.63. The Morgan fingerprint density at radius 1 is 0.815 bits per heavy atom. The van der Waals surface area contributed by atoms with Crippen LogP contribution in [-0.4, -0.2) is 34.9 Å². The van der Waals surface area contributed by atoms with E-state index in [4.69, 9.17) is 0 Å². The average molecular weight is 367 g/mol. The molecule has 0 radical (unpaired) electrons. The van der Waals surface area contributed by atoms with Crippen molar-refractivity contribution in [1.82, 2.24) is 5.32 Å². The first-order chi connectivity index (χ1) is 13.0. The van der Waals surface area contributed by atoms with Crippen LogP contribution in [-0.2, 0) is 4.79 Å². The number of rotatable bonds is 0. The van der Waals surface area contributed by atoms with Crippen LogP contribution in [0.5, 0.6) is 0 Å². The van der Waals surface area contributed by atoms with Gasteiger partial charge in [0.25, 0.3) is 0 Å². The van der Waals surface area contributed by atoms with E-state index in [9.17, 15) is 15.0 Å². The maximum atomic E-state index is 11.8. The van der Waals surface area contributed by atoms with Crippen LogP contribution in [0.25, 0.3) is 0 Å². The number of aliphatic hydroxyl groups excluding tert-OH is 2.